The fraction of sp³-hybridized carbons (Fsp3) is 0.889. The van der Waals surface area contributed by atoms with E-state index in [1.165, 1.54) is 32.1 Å². The Kier molecular flexibility index (Phi) is 6.27. The zero-order chi connectivity index (χ0) is 16.0. The standard InChI is InChI=1S/C18H30O4/c1-3-14(2)17(20)21-13-16(19)22-18(11-7-8-12-18)15-9-5-4-6-10-15/h14-15H,3-13H2,1-2H3. The van der Waals surface area contributed by atoms with Crippen LogP contribution in [0.25, 0.3) is 0 Å². The Balaban J connectivity index is 1.88. The molecule has 0 aromatic heterocycles. The molecular formula is C18H30O4. The van der Waals surface area contributed by atoms with Gasteiger partial charge in [0.15, 0.2) is 6.61 Å². The predicted octanol–water partition coefficient (Wildman–Crippen LogP) is 4.01. The molecule has 2 saturated carbocycles. The van der Waals surface area contributed by atoms with Gasteiger partial charge in [0, 0.05) is 0 Å². The molecule has 0 amide bonds. The summed E-state index contributed by atoms with van der Waals surface area (Å²) in [5.41, 5.74) is -0.277. The molecule has 126 valence electrons. The summed E-state index contributed by atoms with van der Waals surface area (Å²) in [5, 5.41) is 0. The zero-order valence-corrected chi connectivity index (χ0v) is 14.1. The van der Waals surface area contributed by atoms with Crippen molar-refractivity contribution in [3.05, 3.63) is 0 Å². The minimum absolute atomic E-state index is 0.161. The van der Waals surface area contributed by atoms with Gasteiger partial charge in [-0.25, -0.2) is 4.79 Å². The molecule has 2 aliphatic rings. The van der Waals surface area contributed by atoms with Gasteiger partial charge >= 0.3 is 11.9 Å². The molecule has 2 fully saturated rings. The summed E-state index contributed by atoms with van der Waals surface area (Å²) in [6.07, 6.45) is 11.1. The van der Waals surface area contributed by atoms with Gasteiger partial charge in [0.05, 0.1) is 5.92 Å². The van der Waals surface area contributed by atoms with E-state index < -0.39 is 0 Å². The van der Waals surface area contributed by atoms with Gasteiger partial charge in [0.25, 0.3) is 0 Å². The number of carbonyl (C=O) groups excluding carboxylic acids is 2. The molecule has 4 nitrogen and oxygen atoms in total. The normalized spacial score (nSPS) is 23.0. The largest absolute Gasteiger partial charge is 0.456 e. The zero-order valence-electron chi connectivity index (χ0n) is 14.1. The van der Waals surface area contributed by atoms with Crippen LogP contribution in [-0.2, 0) is 19.1 Å². The molecule has 0 aromatic rings. The minimum Gasteiger partial charge on any atom is -0.456 e. The van der Waals surface area contributed by atoms with E-state index in [0.717, 1.165) is 32.1 Å². The Morgan fingerprint density at radius 3 is 2.32 bits per heavy atom. The number of hydrogen-bond donors (Lipinski definition) is 0. The van der Waals surface area contributed by atoms with Gasteiger partial charge in [-0.2, -0.15) is 0 Å². The van der Waals surface area contributed by atoms with Gasteiger partial charge in [0.1, 0.15) is 5.60 Å². The summed E-state index contributed by atoms with van der Waals surface area (Å²) in [4.78, 5) is 23.8. The smallest absolute Gasteiger partial charge is 0.344 e. The van der Waals surface area contributed by atoms with Gasteiger partial charge in [0.2, 0.25) is 0 Å². The Labute approximate surface area is 133 Å². The van der Waals surface area contributed by atoms with Crippen molar-refractivity contribution in [2.75, 3.05) is 6.61 Å². The molecule has 4 heteroatoms. The molecule has 2 rings (SSSR count). The molecule has 2 aliphatic carbocycles. The minimum atomic E-state index is -0.371. The van der Waals surface area contributed by atoms with Crippen LogP contribution in [0.4, 0.5) is 0 Å². The number of rotatable bonds is 6. The van der Waals surface area contributed by atoms with Crippen molar-refractivity contribution >= 4 is 11.9 Å². The summed E-state index contributed by atoms with van der Waals surface area (Å²) in [6, 6.07) is 0. The molecule has 0 radical (unpaired) electrons. The third-order valence-electron chi connectivity index (χ3n) is 5.46. The lowest BCUT2D eigenvalue weighted by molar-refractivity contribution is -0.177. The topological polar surface area (TPSA) is 52.6 Å². The molecule has 0 spiro atoms. The monoisotopic (exact) mass is 310 g/mol. The second-order valence-corrected chi connectivity index (χ2v) is 7.00. The van der Waals surface area contributed by atoms with E-state index in [4.69, 9.17) is 9.47 Å². The van der Waals surface area contributed by atoms with Crippen molar-refractivity contribution in [2.24, 2.45) is 11.8 Å². The van der Waals surface area contributed by atoms with Gasteiger partial charge in [-0.3, -0.25) is 4.79 Å². The maximum atomic E-state index is 12.2. The molecule has 1 atom stereocenters. The number of carbonyl (C=O) groups is 2. The summed E-state index contributed by atoms with van der Waals surface area (Å²) < 4.78 is 11.0. The van der Waals surface area contributed by atoms with Crippen molar-refractivity contribution in [3.8, 4) is 0 Å². The fourth-order valence-electron chi connectivity index (χ4n) is 3.89. The Morgan fingerprint density at radius 1 is 1.09 bits per heavy atom. The number of ether oxygens (including phenoxy) is 2. The van der Waals surface area contributed by atoms with Crippen molar-refractivity contribution in [1.29, 1.82) is 0 Å². The van der Waals surface area contributed by atoms with Crippen molar-refractivity contribution in [1.82, 2.24) is 0 Å². The van der Waals surface area contributed by atoms with Crippen molar-refractivity contribution < 1.29 is 19.1 Å². The van der Waals surface area contributed by atoms with Crippen LogP contribution < -0.4 is 0 Å². The van der Waals surface area contributed by atoms with Gasteiger partial charge < -0.3 is 9.47 Å². The van der Waals surface area contributed by atoms with Crippen molar-refractivity contribution in [3.63, 3.8) is 0 Å². The first-order valence-corrected chi connectivity index (χ1v) is 8.96. The van der Waals surface area contributed by atoms with Crippen LogP contribution in [0.3, 0.4) is 0 Å². The number of esters is 2. The summed E-state index contributed by atoms with van der Waals surface area (Å²) in [5.74, 6) is -0.341. The average Bonchev–Trinajstić information content (AvgIpc) is 3.02. The van der Waals surface area contributed by atoms with E-state index in [-0.39, 0.29) is 30.1 Å². The van der Waals surface area contributed by atoms with Crippen LogP contribution in [0.15, 0.2) is 0 Å². The van der Waals surface area contributed by atoms with E-state index in [1.54, 1.807) is 0 Å². The first-order chi connectivity index (χ1) is 10.6. The average molecular weight is 310 g/mol. The molecule has 22 heavy (non-hydrogen) atoms. The highest BCUT2D eigenvalue weighted by atomic mass is 16.6. The maximum Gasteiger partial charge on any atom is 0.344 e. The third kappa shape index (κ3) is 4.23. The molecule has 1 unspecified atom stereocenters. The van der Waals surface area contributed by atoms with Crippen LogP contribution in [-0.4, -0.2) is 24.1 Å². The molecule has 0 aromatic carbocycles. The first-order valence-electron chi connectivity index (χ1n) is 8.96. The molecule has 0 N–H and O–H groups in total. The maximum absolute atomic E-state index is 12.2. The quantitative estimate of drug-likeness (QED) is 0.696. The van der Waals surface area contributed by atoms with Crippen LogP contribution in [0, 0.1) is 11.8 Å². The highest BCUT2D eigenvalue weighted by Crippen LogP contribution is 2.45. The Hall–Kier alpha value is -1.06. The lowest BCUT2D eigenvalue weighted by Crippen LogP contribution is -2.42. The Bertz CT molecular complexity index is 379. The summed E-state index contributed by atoms with van der Waals surface area (Å²) >= 11 is 0. The number of hydrogen-bond acceptors (Lipinski definition) is 4. The van der Waals surface area contributed by atoms with Crippen LogP contribution in [0.1, 0.15) is 78.1 Å². The first kappa shape index (κ1) is 17.3. The van der Waals surface area contributed by atoms with E-state index in [9.17, 15) is 9.59 Å². The SMILES string of the molecule is CCC(C)C(=O)OCC(=O)OC1(C2CCCCC2)CCCC1. The van der Waals surface area contributed by atoms with Crippen molar-refractivity contribution in [2.45, 2.75) is 83.7 Å². The summed E-state index contributed by atoms with van der Waals surface area (Å²) in [7, 11) is 0. The van der Waals surface area contributed by atoms with Crippen LogP contribution >= 0.6 is 0 Å². The molecule has 0 heterocycles. The molecular weight excluding hydrogens is 280 g/mol. The third-order valence-corrected chi connectivity index (χ3v) is 5.46. The van der Waals surface area contributed by atoms with E-state index in [2.05, 4.69) is 0 Å². The van der Waals surface area contributed by atoms with E-state index in [0.29, 0.717) is 5.92 Å². The van der Waals surface area contributed by atoms with Gasteiger partial charge in [-0.1, -0.05) is 33.1 Å². The second kappa shape index (κ2) is 7.98. The van der Waals surface area contributed by atoms with Crippen LogP contribution in [0.5, 0.6) is 0 Å². The van der Waals surface area contributed by atoms with E-state index in [1.807, 2.05) is 13.8 Å². The second-order valence-electron chi connectivity index (χ2n) is 7.00. The highest BCUT2D eigenvalue weighted by Gasteiger charge is 2.44. The molecule has 0 bridgehead atoms. The lowest BCUT2D eigenvalue weighted by atomic mass is 9.76. The fourth-order valence-corrected chi connectivity index (χ4v) is 3.89. The summed E-state index contributed by atoms with van der Waals surface area (Å²) in [6.45, 7) is 3.51. The lowest BCUT2D eigenvalue weighted by Gasteiger charge is -2.39. The molecule has 0 aliphatic heterocycles. The van der Waals surface area contributed by atoms with Gasteiger partial charge in [-0.05, 0) is 50.9 Å². The van der Waals surface area contributed by atoms with Gasteiger partial charge in [-0.15, -0.1) is 0 Å². The Morgan fingerprint density at radius 2 is 1.73 bits per heavy atom. The highest BCUT2D eigenvalue weighted by molar-refractivity contribution is 5.77. The predicted molar refractivity (Wildman–Crippen MR) is 84.3 cm³/mol. The molecule has 0 saturated heterocycles. The van der Waals surface area contributed by atoms with E-state index >= 15 is 0 Å². The van der Waals surface area contributed by atoms with Crippen LogP contribution in [0.2, 0.25) is 0 Å².